The maximum atomic E-state index is 13.9. The number of benzene rings is 1. The molecule has 2 N–H and O–H groups in total. The molecule has 1 atom stereocenters. The van der Waals surface area contributed by atoms with Gasteiger partial charge in [-0.2, -0.15) is 0 Å². The van der Waals surface area contributed by atoms with Crippen LogP contribution in [0, 0.1) is 22.0 Å². The fraction of sp³-hybridized carbons (Fsp3) is 0.708. The van der Waals surface area contributed by atoms with Crippen LogP contribution in [0.3, 0.4) is 0 Å². The van der Waals surface area contributed by atoms with Gasteiger partial charge < -0.3 is 10.6 Å². The van der Waals surface area contributed by atoms with E-state index in [0.717, 1.165) is 76.8 Å². The lowest BCUT2D eigenvalue weighted by atomic mass is 9.87. The van der Waals surface area contributed by atoms with Crippen LogP contribution in [-0.2, 0) is 11.2 Å². The van der Waals surface area contributed by atoms with Gasteiger partial charge in [-0.25, -0.2) is 4.79 Å². The van der Waals surface area contributed by atoms with E-state index < -0.39 is 0 Å². The van der Waals surface area contributed by atoms with Crippen LogP contribution < -0.4 is 5.73 Å². The fourth-order valence-corrected chi connectivity index (χ4v) is 5.55. The van der Waals surface area contributed by atoms with E-state index in [1.165, 1.54) is 0 Å². The second-order valence-corrected chi connectivity index (χ2v) is 9.59. The third kappa shape index (κ3) is 5.51. The molecular weight excluding hydrogens is 392 g/mol. The molecule has 0 aliphatic carbocycles. The highest BCUT2D eigenvalue weighted by atomic mass is 16.6. The Balaban J connectivity index is 1.75. The van der Waals surface area contributed by atoms with E-state index in [0.29, 0.717) is 22.9 Å². The average Bonchev–Trinajstić information content (AvgIpc) is 2.79. The van der Waals surface area contributed by atoms with Crippen molar-refractivity contribution in [3.05, 3.63) is 39.9 Å². The zero-order chi connectivity index (χ0) is 22.4. The molecule has 2 heterocycles. The minimum atomic E-state index is -0.368. The van der Waals surface area contributed by atoms with Gasteiger partial charge in [0.25, 0.3) is 5.69 Å². The molecule has 7 nitrogen and oxygen atoms in total. The van der Waals surface area contributed by atoms with Gasteiger partial charge in [-0.15, -0.1) is 0 Å². The van der Waals surface area contributed by atoms with Gasteiger partial charge in [-0.1, -0.05) is 19.1 Å². The fourth-order valence-electron chi connectivity index (χ4n) is 5.55. The van der Waals surface area contributed by atoms with Crippen molar-refractivity contribution < 1.29 is 14.2 Å². The summed E-state index contributed by atoms with van der Waals surface area (Å²) in [6, 6.07) is 6.97. The Labute approximate surface area is 186 Å². The van der Waals surface area contributed by atoms with E-state index in [9.17, 15) is 14.9 Å². The largest absolute Gasteiger partial charge is 0.330 e. The molecule has 0 spiro atoms. The molecule has 1 amide bonds. The summed E-state index contributed by atoms with van der Waals surface area (Å²) in [7, 11) is 0. The standard InChI is InChI=1S/C24H39N4O3/c1-3-12-26-13-8-22(9-14-26)24(29)28(15-10-21(18-25)11-16-28)19(2)17-20-4-6-23(7-5-20)27(30)31/h4-7,19,21-22H,3,8-18,25H2,1-2H3/q+1. The summed E-state index contributed by atoms with van der Waals surface area (Å²) >= 11 is 0. The molecule has 2 fully saturated rings. The molecule has 0 aromatic heterocycles. The molecule has 2 aliphatic rings. The maximum Gasteiger partial charge on any atom is 0.317 e. The predicted octanol–water partition coefficient (Wildman–Crippen LogP) is 3.36. The summed E-state index contributed by atoms with van der Waals surface area (Å²) in [6.07, 6.45) is 5.84. The summed E-state index contributed by atoms with van der Waals surface area (Å²) in [6.45, 7) is 9.98. The van der Waals surface area contributed by atoms with Crippen LogP contribution in [0.1, 0.15) is 51.5 Å². The highest BCUT2D eigenvalue weighted by molar-refractivity contribution is 5.72. The van der Waals surface area contributed by atoms with Crippen LogP contribution >= 0.6 is 0 Å². The zero-order valence-electron chi connectivity index (χ0n) is 19.2. The first-order valence-electron chi connectivity index (χ1n) is 12.0. The first-order chi connectivity index (χ1) is 14.9. The Morgan fingerprint density at radius 3 is 2.32 bits per heavy atom. The minimum Gasteiger partial charge on any atom is -0.330 e. The Kier molecular flexibility index (Phi) is 8.19. The minimum absolute atomic E-state index is 0.110. The predicted molar refractivity (Wildman–Crippen MR) is 122 cm³/mol. The first kappa shape index (κ1) is 23.8. The second kappa shape index (κ2) is 10.7. The Morgan fingerprint density at radius 2 is 1.81 bits per heavy atom. The average molecular weight is 432 g/mol. The van der Waals surface area contributed by atoms with Crippen LogP contribution in [0.5, 0.6) is 0 Å². The molecule has 0 radical (unpaired) electrons. The lowest BCUT2D eigenvalue weighted by Gasteiger charge is -2.47. The molecule has 0 saturated carbocycles. The Hall–Kier alpha value is -1.83. The van der Waals surface area contributed by atoms with Crippen LogP contribution in [0.15, 0.2) is 24.3 Å². The van der Waals surface area contributed by atoms with Crippen molar-refractivity contribution in [2.75, 3.05) is 39.3 Å². The summed E-state index contributed by atoms with van der Waals surface area (Å²) in [5.41, 5.74) is 7.11. The van der Waals surface area contributed by atoms with E-state index in [1.54, 1.807) is 12.1 Å². The summed E-state index contributed by atoms with van der Waals surface area (Å²) in [5.74, 6) is 1.07. The van der Waals surface area contributed by atoms with E-state index in [4.69, 9.17) is 5.73 Å². The topological polar surface area (TPSA) is 89.5 Å². The monoisotopic (exact) mass is 431 g/mol. The molecular formula is C24H39N4O3+. The number of rotatable bonds is 8. The molecule has 172 valence electrons. The molecule has 2 saturated heterocycles. The normalized spacial score (nSPS) is 26.5. The number of quaternary nitrogens is 1. The van der Waals surface area contributed by atoms with Gasteiger partial charge in [0.2, 0.25) is 0 Å². The highest BCUT2D eigenvalue weighted by Gasteiger charge is 2.47. The van der Waals surface area contributed by atoms with Gasteiger partial charge in [0.05, 0.1) is 30.0 Å². The van der Waals surface area contributed by atoms with Gasteiger partial charge in [0, 0.05) is 31.4 Å². The number of likely N-dealkylation sites (tertiary alicyclic amines) is 2. The number of nitrogens with two attached hydrogens (primary N) is 1. The van der Waals surface area contributed by atoms with Gasteiger partial charge in [0.1, 0.15) is 0 Å². The van der Waals surface area contributed by atoms with Crippen LogP contribution in [-0.4, -0.2) is 65.5 Å². The maximum absolute atomic E-state index is 13.9. The van der Waals surface area contributed by atoms with E-state index in [-0.39, 0.29) is 22.6 Å². The number of non-ortho nitro benzene ring substituents is 1. The zero-order valence-corrected chi connectivity index (χ0v) is 19.2. The summed E-state index contributed by atoms with van der Waals surface area (Å²) in [4.78, 5) is 27.0. The summed E-state index contributed by atoms with van der Waals surface area (Å²) < 4.78 is 0.548. The van der Waals surface area contributed by atoms with Crippen molar-refractivity contribution in [2.24, 2.45) is 17.6 Å². The number of nitro benzene ring substituents is 1. The highest BCUT2D eigenvalue weighted by Crippen LogP contribution is 2.33. The SMILES string of the molecule is CCCN1CCC(C(=O)[N+]2(C(C)Cc3ccc([N+](=O)[O-])cc3)CCC(CN)CC2)CC1. The number of carbonyl (C=O) groups excluding carboxylic acids is 1. The number of hydrogen-bond donors (Lipinski definition) is 1. The molecule has 1 unspecified atom stereocenters. The van der Waals surface area contributed by atoms with Crippen LogP contribution in [0.25, 0.3) is 0 Å². The van der Waals surface area contributed by atoms with Crippen molar-refractivity contribution >= 4 is 11.6 Å². The van der Waals surface area contributed by atoms with Crippen LogP contribution in [0.2, 0.25) is 0 Å². The molecule has 7 heteroatoms. The van der Waals surface area contributed by atoms with Gasteiger partial charge in [-0.3, -0.25) is 14.6 Å². The van der Waals surface area contributed by atoms with E-state index in [1.807, 2.05) is 12.1 Å². The number of piperidine rings is 2. The number of hydrogen-bond acceptors (Lipinski definition) is 5. The molecule has 3 rings (SSSR count). The number of nitro groups is 1. The first-order valence-corrected chi connectivity index (χ1v) is 12.0. The van der Waals surface area contributed by atoms with Gasteiger partial charge in [0.15, 0.2) is 0 Å². The van der Waals surface area contributed by atoms with E-state index in [2.05, 4.69) is 18.7 Å². The molecule has 2 aliphatic heterocycles. The van der Waals surface area contributed by atoms with Crippen molar-refractivity contribution in [1.29, 1.82) is 0 Å². The van der Waals surface area contributed by atoms with Crippen molar-refractivity contribution in [3.63, 3.8) is 0 Å². The quantitative estimate of drug-likeness (QED) is 0.387. The molecule has 1 aromatic rings. The summed E-state index contributed by atoms with van der Waals surface area (Å²) in [5, 5.41) is 11.0. The smallest absolute Gasteiger partial charge is 0.317 e. The lowest BCUT2D eigenvalue weighted by molar-refractivity contribution is -0.885. The second-order valence-electron chi connectivity index (χ2n) is 9.59. The van der Waals surface area contributed by atoms with Crippen molar-refractivity contribution in [2.45, 2.75) is 58.4 Å². The van der Waals surface area contributed by atoms with E-state index >= 15 is 0 Å². The number of amides is 1. The Morgan fingerprint density at radius 1 is 1.19 bits per heavy atom. The number of nitrogens with zero attached hydrogens (tertiary/aromatic N) is 3. The molecule has 0 bridgehead atoms. The third-order valence-corrected chi connectivity index (χ3v) is 7.64. The number of carbonyl (C=O) groups is 1. The van der Waals surface area contributed by atoms with Gasteiger partial charge in [-0.05, 0) is 63.8 Å². The Bertz CT molecular complexity index is 736. The van der Waals surface area contributed by atoms with Crippen molar-refractivity contribution in [3.8, 4) is 0 Å². The molecule has 1 aromatic carbocycles. The molecule has 31 heavy (non-hydrogen) atoms. The lowest BCUT2D eigenvalue weighted by Crippen LogP contribution is -2.65. The third-order valence-electron chi connectivity index (χ3n) is 7.64. The van der Waals surface area contributed by atoms with Crippen molar-refractivity contribution in [1.82, 2.24) is 4.90 Å². The van der Waals surface area contributed by atoms with Crippen LogP contribution in [0.4, 0.5) is 5.69 Å². The van der Waals surface area contributed by atoms with Gasteiger partial charge >= 0.3 is 5.91 Å².